The van der Waals surface area contributed by atoms with Crippen LogP contribution in [0.2, 0.25) is 0 Å². The number of benzene rings is 1. The normalized spacial score (nSPS) is 18.6. The molecule has 1 aromatic rings. The average Bonchev–Trinajstić information content (AvgIpc) is 2.46. The summed E-state index contributed by atoms with van der Waals surface area (Å²) in [4.78, 5) is 4.85. The summed E-state index contributed by atoms with van der Waals surface area (Å²) in [5.41, 5.74) is 1.13. The maximum absolute atomic E-state index is 12.9. The monoisotopic (exact) mass is 265 g/mol. The summed E-state index contributed by atoms with van der Waals surface area (Å²) in [5, 5.41) is 3.40. The minimum atomic E-state index is -0.165. The molecule has 0 radical (unpaired) electrons. The van der Waals surface area contributed by atoms with Gasteiger partial charge in [0.15, 0.2) is 0 Å². The van der Waals surface area contributed by atoms with E-state index in [1.807, 2.05) is 12.1 Å². The van der Waals surface area contributed by atoms with E-state index in [0.717, 1.165) is 45.0 Å². The predicted octanol–water partition coefficient (Wildman–Crippen LogP) is 1.95. The zero-order valence-corrected chi connectivity index (χ0v) is 11.9. The molecule has 1 N–H and O–H groups in total. The molecule has 19 heavy (non-hydrogen) atoms. The van der Waals surface area contributed by atoms with Crippen LogP contribution in [0.25, 0.3) is 0 Å². The van der Waals surface area contributed by atoms with Crippen LogP contribution in [-0.2, 0) is 0 Å². The number of anilines is 1. The molecule has 0 amide bonds. The number of nitrogens with zero attached hydrogens (tertiary/aromatic N) is 2. The molecule has 0 saturated carbocycles. The molecular weight excluding hydrogens is 241 g/mol. The second kappa shape index (κ2) is 6.87. The fourth-order valence-corrected chi connectivity index (χ4v) is 2.56. The van der Waals surface area contributed by atoms with Crippen molar-refractivity contribution in [3.8, 4) is 0 Å². The Hall–Kier alpha value is -1.13. The van der Waals surface area contributed by atoms with E-state index < -0.39 is 0 Å². The third-order valence-corrected chi connectivity index (χ3v) is 3.82. The van der Waals surface area contributed by atoms with Gasteiger partial charge in [0.2, 0.25) is 0 Å². The molecule has 1 aliphatic heterocycles. The highest BCUT2D eigenvalue weighted by atomic mass is 19.1. The van der Waals surface area contributed by atoms with E-state index in [1.165, 1.54) is 12.1 Å². The van der Waals surface area contributed by atoms with Gasteiger partial charge in [-0.15, -0.1) is 0 Å². The highest BCUT2D eigenvalue weighted by Crippen LogP contribution is 2.17. The molecule has 1 saturated heterocycles. The van der Waals surface area contributed by atoms with Gasteiger partial charge in [-0.3, -0.25) is 4.90 Å². The van der Waals surface area contributed by atoms with E-state index in [0.29, 0.717) is 6.04 Å². The lowest BCUT2D eigenvalue weighted by atomic mass is 10.2. The lowest BCUT2D eigenvalue weighted by Gasteiger charge is -2.39. The molecular formula is C15H24FN3. The van der Waals surface area contributed by atoms with Crippen LogP contribution < -0.4 is 10.2 Å². The van der Waals surface area contributed by atoms with Gasteiger partial charge in [0, 0.05) is 44.5 Å². The van der Waals surface area contributed by atoms with Crippen molar-refractivity contribution in [2.75, 3.05) is 44.2 Å². The van der Waals surface area contributed by atoms with Crippen molar-refractivity contribution in [2.45, 2.75) is 19.9 Å². The van der Waals surface area contributed by atoms with Gasteiger partial charge in [0.25, 0.3) is 0 Å². The molecule has 1 heterocycles. The van der Waals surface area contributed by atoms with Crippen molar-refractivity contribution < 1.29 is 4.39 Å². The van der Waals surface area contributed by atoms with Crippen molar-refractivity contribution in [1.29, 1.82) is 0 Å². The van der Waals surface area contributed by atoms with Crippen molar-refractivity contribution >= 4 is 5.69 Å². The van der Waals surface area contributed by atoms with E-state index in [-0.39, 0.29) is 5.82 Å². The largest absolute Gasteiger partial charge is 0.369 e. The molecule has 1 aliphatic rings. The van der Waals surface area contributed by atoms with Crippen LogP contribution >= 0.6 is 0 Å². The Bertz CT molecular complexity index is 371. The van der Waals surface area contributed by atoms with Gasteiger partial charge >= 0.3 is 0 Å². The molecule has 0 bridgehead atoms. The zero-order chi connectivity index (χ0) is 13.7. The molecule has 0 aromatic heterocycles. The maximum Gasteiger partial charge on any atom is 0.123 e. The molecule has 3 nitrogen and oxygen atoms in total. The molecule has 1 unspecified atom stereocenters. The van der Waals surface area contributed by atoms with E-state index >= 15 is 0 Å². The molecule has 0 aliphatic carbocycles. The van der Waals surface area contributed by atoms with Gasteiger partial charge in [-0.1, -0.05) is 6.92 Å². The standard InChI is InChI=1S/C15H24FN3/c1-3-17-12-13(2)18-8-10-19(11-9-18)15-6-4-14(16)5-7-15/h4-7,13,17H,3,8-12H2,1-2H3. The van der Waals surface area contributed by atoms with Crippen LogP contribution in [0, 0.1) is 5.82 Å². The highest BCUT2D eigenvalue weighted by Gasteiger charge is 2.20. The van der Waals surface area contributed by atoms with Crippen LogP contribution in [0.1, 0.15) is 13.8 Å². The lowest BCUT2D eigenvalue weighted by molar-refractivity contribution is 0.194. The number of hydrogen-bond donors (Lipinski definition) is 1. The SMILES string of the molecule is CCNCC(C)N1CCN(c2ccc(F)cc2)CC1. The second-order valence-corrected chi connectivity index (χ2v) is 5.16. The molecule has 106 valence electrons. The van der Waals surface area contributed by atoms with Crippen molar-refractivity contribution in [2.24, 2.45) is 0 Å². The minimum Gasteiger partial charge on any atom is -0.369 e. The summed E-state index contributed by atoms with van der Waals surface area (Å²) in [7, 11) is 0. The summed E-state index contributed by atoms with van der Waals surface area (Å²) in [6, 6.07) is 7.39. The fourth-order valence-electron chi connectivity index (χ4n) is 2.56. The Morgan fingerprint density at radius 2 is 1.79 bits per heavy atom. The third-order valence-electron chi connectivity index (χ3n) is 3.82. The van der Waals surface area contributed by atoms with Gasteiger partial charge in [-0.25, -0.2) is 4.39 Å². The molecule has 1 atom stereocenters. The van der Waals surface area contributed by atoms with Gasteiger partial charge in [-0.2, -0.15) is 0 Å². The zero-order valence-electron chi connectivity index (χ0n) is 11.9. The topological polar surface area (TPSA) is 18.5 Å². The van der Waals surface area contributed by atoms with E-state index in [2.05, 4.69) is 29.0 Å². The Balaban J connectivity index is 1.83. The first-order valence-electron chi connectivity index (χ1n) is 7.16. The van der Waals surface area contributed by atoms with E-state index in [9.17, 15) is 4.39 Å². The molecule has 1 fully saturated rings. The second-order valence-electron chi connectivity index (χ2n) is 5.16. The van der Waals surface area contributed by atoms with Gasteiger partial charge < -0.3 is 10.2 Å². The number of hydrogen-bond acceptors (Lipinski definition) is 3. The van der Waals surface area contributed by atoms with Crippen molar-refractivity contribution in [3.05, 3.63) is 30.1 Å². The first-order chi connectivity index (χ1) is 9.20. The molecule has 4 heteroatoms. The average molecular weight is 265 g/mol. The highest BCUT2D eigenvalue weighted by molar-refractivity contribution is 5.46. The Labute approximate surface area is 115 Å². The fraction of sp³-hybridized carbons (Fsp3) is 0.600. The summed E-state index contributed by atoms with van der Waals surface area (Å²) in [6.45, 7) is 10.7. The number of likely N-dealkylation sites (N-methyl/N-ethyl adjacent to an activating group) is 1. The summed E-state index contributed by atoms with van der Waals surface area (Å²) in [5.74, 6) is -0.165. The summed E-state index contributed by atoms with van der Waals surface area (Å²) >= 11 is 0. The number of halogens is 1. The molecule has 0 spiro atoms. The number of nitrogens with one attached hydrogen (secondary N) is 1. The van der Waals surface area contributed by atoms with Crippen LogP contribution in [0.5, 0.6) is 0 Å². The van der Waals surface area contributed by atoms with Gasteiger partial charge in [0.05, 0.1) is 0 Å². The Morgan fingerprint density at radius 1 is 1.16 bits per heavy atom. The summed E-state index contributed by atoms with van der Waals surface area (Å²) in [6.07, 6.45) is 0. The van der Waals surface area contributed by atoms with Crippen LogP contribution in [0.15, 0.2) is 24.3 Å². The first kappa shape index (κ1) is 14.3. The van der Waals surface area contributed by atoms with Crippen LogP contribution in [0.4, 0.5) is 10.1 Å². The molecule has 2 rings (SSSR count). The minimum absolute atomic E-state index is 0.165. The predicted molar refractivity (Wildman–Crippen MR) is 78.2 cm³/mol. The third kappa shape index (κ3) is 3.91. The van der Waals surface area contributed by atoms with Gasteiger partial charge in [-0.05, 0) is 37.7 Å². The smallest absolute Gasteiger partial charge is 0.123 e. The number of rotatable bonds is 5. The van der Waals surface area contributed by atoms with Crippen LogP contribution in [0.3, 0.4) is 0 Å². The Kier molecular flexibility index (Phi) is 5.16. The van der Waals surface area contributed by atoms with Crippen LogP contribution in [-0.4, -0.2) is 50.2 Å². The van der Waals surface area contributed by atoms with E-state index in [1.54, 1.807) is 0 Å². The first-order valence-corrected chi connectivity index (χ1v) is 7.16. The molecule has 1 aromatic carbocycles. The lowest BCUT2D eigenvalue weighted by Crippen LogP contribution is -2.52. The maximum atomic E-state index is 12.9. The van der Waals surface area contributed by atoms with Crippen molar-refractivity contribution in [3.63, 3.8) is 0 Å². The van der Waals surface area contributed by atoms with Gasteiger partial charge in [0.1, 0.15) is 5.82 Å². The number of piperazine rings is 1. The summed E-state index contributed by atoms with van der Waals surface area (Å²) < 4.78 is 12.9. The quantitative estimate of drug-likeness (QED) is 0.878. The van der Waals surface area contributed by atoms with Crippen molar-refractivity contribution in [1.82, 2.24) is 10.2 Å². The Morgan fingerprint density at radius 3 is 2.37 bits per heavy atom. The van der Waals surface area contributed by atoms with E-state index in [4.69, 9.17) is 0 Å².